The quantitative estimate of drug-likeness (QED) is 0.216. The molecule has 1 heteroatoms. The minimum atomic E-state index is -0.0151. The van der Waals surface area contributed by atoms with Gasteiger partial charge in [-0.1, -0.05) is 116 Å². The van der Waals surface area contributed by atoms with Crippen molar-refractivity contribution in [2.75, 3.05) is 0 Å². The second kappa shape index (κ2) is 8.81. The zero-order chi connectivity index (χ0) is 27.7. The van der Waals surface area contributed by atoms with Gasteiger partial charge in [0.15, 0.2) is 0 Å². The number of rotatable bonds is 3. The van der Waals surface area contributed by atoms with Gasteiger partial charge < -0.3 is 4.57 Å². The van der Waals surface area contributed by atoms with Gasteiger partial charge in [0, 0.05) is 21.9 Å². The number of para-hydroxylation sites is 1. The second-order valence-corrected chi connectivity index (χ2v) is 11.9. The number of hydrogen-bond donors (Lipinski definition) is 0. The van der Waals surface area contributed by atoms with E-state index < -0.39 is 0 Å². The average molecular weight is 526 g/mol. The predicted molar refractivity (Wildman–Crippen MR) is 174 cm³/mol. The van der Waals surface area contributed by atoms with Gasteiger partial charge in [0.2, 0.25) is 0 Å². The molecule has 1 heterocycles. The zero-order valence-corrected chi connectivity index (χ0v) is 23.6. The van der Waals surface area contributed by atoms with E-state index in [0.29, 0.717) is 0 Å². The Bertz CT molecular complexity index is 2110. The molecule has 0 fully saturated rings. The van der Waals surface area contributed by atoms with Crippen LogP contribution in [0.3, 0.4) is 0 Å². The van der Waals surface area contributed by atoms with E-state index in [1.165, 1.54) is 77.6 Å². The topological polar surface area (TPSA) is 4.93 Å². The highest BCUT2D eigenvalue weighted by Gasteiger charge is 2.35. The largest absolute Gasteiger partial charge is 0.309 e. The van der Waals surface area contributed by atoms with Crippen molar-refractivity contribution in [3.05, 3.63) is 150 Å². The maximum Gasteiger partial charge on any atom is 0.0541 e. The molecule has 196 valence electrons. The molecule has 0 N–H and O–H groups in total. The fraction of sp³-hybridized carbons (Fsp3) is 0.100. The first-order chi connectivity index (χ1) is 20.0. The van der Waals surface area contributed by atoms with Gasteiger partial charge in [-0.3, -0.25) is 0 Å². The van der Waals surface area contributed by atoms with Crippen LogP contribution in [0.4, 0.5) is 0 Å². The molecule has 1 aliphatic carbocycles. The summed E-state index contributed by atoms with van der Waals surface area (Å²) in [5, 5.41) is 2.56. The van der Waals surface area contributed by atoms with E-state index in [1.54, 1.807) is 0 Å². The summed E-state index contributed by atoms with van der Waals surface area (Å²) in [5.74, 6) is 0. The maximum absolute atomic E-state index is 2.42. The van der Waals surface area contributed by atoms with Crippen LogP contribution in [-0.2, 0) is 5.41 Å². The molecule has 6 aromatic carbocycles. The van der Waals surface area contributed by atoms with Gasteiger partial charge in [0.05, 0.1) is 11.0 Å². The smallest absolute Gasteiger partial charge is 0.0541 e. The molecule has 8 rings (SSSR count). The van der Waals surface area contributed by atoms with Crippen molar-refractivity contribution >= 4 is 21.8 Å². The fourth-order valence-corrected chi connectivity index (χ4v) is 6.90. The van der Waals surface area contributed by atoms with Gasteiger partial charge in [0.1, 0.15) is 0 Å². The molecule has 0 aliphatic heterocycles. The lowest BCUT2D eigenvalue weighted by Gasteiger charge is -2.22. The van der Waals surface area contributed by atoms with Crippen molar-refractivity contribution in [2.24, 2.45) is 0 Å². The molecule has 0 unspecified atom stereocenters. The van der Waals surface area contributed by atoms with Crippen LogP contribution in [0.5, 0.6) is 0 Å². The van der Waals surface area contributed by atoms with Gasteiger partial charge >= 0.3 is 0 Å². The third-order valence-electron chi connectivity index (χ3n) is 9.07. The summed E-state index contributed by atoms with van der Waals surface area (Å²) in [5.41, 5.74) is 15.5. The molecule has 41 heavy (non-hydrogen) atoms. The van der Waals surface area contributed by atoms with Gasteiger partial charge in [-0.2, -0.15) is 0 Å². The molecule has 1 aliphatic rings. The third-order valence-corrected chi connectivity index (χ3v) is 9.07. The van der Waals surface area contributed by atoms with Crippen LogP contribution < -0.4 is 0 Å². The predicted octanol–water partition coefficient (Wildman–Crippen LogP) is 10.7. The van der Waals surface area contributed by atoms with Crippen molar-refractivity contribution in [1.29, 1.82) is 0 Å². The Morgan fingerprint density at radius 3 is 1.85 bits per heavy atom. The normalized spacial score (nSPS) is 13.4. The lowest BCUT2D eigenvalue weighted by Crippen LogP contribution is -2.15. The highest BCUT2D eigenvalue weighted by molar-refractivity contribution is 6.10. The third kappa shape index (κ3) is 3.62. The van der Waals surface area contributed by atoms with Crippen molar-refractivity contribution in [1.82, 2.24) is 4.57 Å². The minimum absolute atomic E-state index is 0.0151. The van der Waals surface area contributed by atoms with Gasteiger partial charge in [-0.05, 0) is 87.8 Å². The first-order valence-corrected chi connectivity index (χ1v) is 14.4. The molecule has 0 radical (unpaired) electrons. The summed E-state index contributed by atoms with van der Waals surface area (Å²) >= 11 is 0. The first kappa shape index (κ1) is 24.0. The van der Waals surface area contributed by atoms with E-state index in [4.69, 9.17) is 0 Å². The Kier molecular flexibility index (Phi) is 5.15. The van der Waals surface area contributed by atoms with Crippen LogP contribution in [-0.4, -0.2) is 4.57 Å². The molecular weight excluding hydrogens is 494 g/mol. The van der Waals surface area contributed by atoms with E-state index in [-0.39, 0.29) is 5.41 Å². The number of aromatic nitrogens is 1. The van der Waals surface area contributed by atoms with E-state index in [9.17, 15) is 0 Å². The van der Waals surface area contributed by atoms with Crippen LogP contribution in [0.2, 0.25) is 0 Å². The maximum atomic E-state index is 2.42. The van der Waals surface area contributed by atoms with E-state index in [1.807, 2.05) is 0 Å². The van der Waals surface area contributed by atoms with Crippen LogP contribution in [0.25, 0.3) is 60.9 Å². The molecule has 1 nitrogen and oxygen atoms in total. The minimum Gasteiger partial charge on any atom is -0.309 e. The van der Waals surface area contributed by atoms with Crippen LogP contribution in [0.1, 0.15) is 30.5 Å². The standard InChI is InChI=1S/C40H31N/c1-26-13-20-32-33-21-16-30(25-37(33)40(2,3)36(32)23-26)29-17-22-39-35(24-29)34-11-7-8-12-38(34)41(39)31-18-14-28(15-19-31)27-9-5-4-6-10-27/h4-25H,1-3H3. The number of hydrogen-bond acceptors (Lipinski definition) is 0. The second-order valence-electron chi connectivity index (χ2n) is 11.9. The van der Waals surface area contributed by atoms with E-state index >= 15 is 0 Å². The molecular formula is C40H31N. The number of nitrogens with zero attached hydrogens (tertiary/aromatic N) is 1. The van der Waals surface area contributed by atoms with Crippen LogP contribution in [0, 0.1) is 6.92 Å². The van der Waals surface area contributed by atoms with Gasteiger partial charge in [-0.25, -0.2) is 0 Å². The Morgan fingerprint density at radius 1 is 0.463 bits per heavy atom. The molecule has 0 saturated heterocycles. The molecule has 7 aromatic rings. The summed E-state index contributed by atoms with van der Waals surface area (Å²) in [7, 11) is 0. The molecule has 0 bridgehead atoms. The Labute approximate surface area is 241 Å². The molecule has 0 atom stereocenters. The summed E-state index contributed by atoms with van der Waals surface area (Å²) in [6.07, 6.45) is 0. The summed E-state index contributed by atoms with van der Waals surface area (Å²) in [6.45, 7) is 6.91. The van der Waals surface area contributed by atoms with Crippen molar-refractivity contribution in [2.45, 2.75) is 26.2 Å². The SMILES string of the molecule is Cc1ccc2c(c1)C(C)(C)c1cc(-c3ccc4c(c3)c3ccccc3n4-c3ccc(-c4ccccc4)cc3)ccc1-2. The highest BCUT2D eigenvalue weighted by atomic mass is 15.0. The van der Waals surface area contributed by atoms with Crippen molar-refractivity contribution in [3.8, 4) is 39.1 Å². The monoisotopic (exact) mass is 525 g/mol. The molecule has 1 aromatic heterocycles. The number of aryl methyl sites for hydroxylation is 1. The lowest BCUT2D eigenvalue weighted by atomic mass is 9.81. The fourth-order valence-electron chi connectivity index (χ4n) is 6.90. The zero-order valence-electron chi connectivity index (χ0n) is 23.6. The van der Waals surface area contributed by atoms with Crippen LogP contribution >= 0.6 is 0 Å². The van der Waals surface area contributed by atoms with E-state index in [2.05, 4.69) is 159 Å². The Hall–Kier alpha value is -4.88. The van der Waals surface area contributed by atoms with Gasteiger partial charge in [0.25, 0.3) is 0 Å². The molecule has 0 saturated carbocycles. The van der Waals surface area contributed by atoms with Crippen molar-refractivity contribution < 1.29 is 0 Å². The molecule has 0 spiro atoms. The first-order valence-electron chi connectivity index (χ1n) is 14.4. The Morgan fingerprint density at radius 2 is 1.05 bits per heavy atom. The lowest BCUT2D eigenvalue weighted by molar-refractivity contribution is 0.660. The Balaban J connectivity index is 1.25. The molecule has 0 amide bonds. The number of benzene rings is 6. The number of fused-ring (bicyclic) bond motifs is 6. The summed E-state index contributed by atoms with van der Waals surface area (Å²) in [6, 6.07) is 49.2. The van der Waals surface area contributed by atoms with Crippen LogP contribution in [0.15, 0.2) is 133 Å². The van der Waals surface area contributed by atoms with Gasteiger partial charge in [-0.15, -0.1) is 0 Å². The van der Waals surface area contributed by atoms with E-state index in [0.717, 1.165) is 0 Å². The average Bonchev–Trinajstić information content (AvgIpc) is 3.45. The van der Waals surface area contributed by atoms with Crippen molar-refractivity contribution in [3.63, 3.8) is 0 Å². The summed E-state index contributed by atoms with van der Waals surface area (Å²) in [4.78, 5) is 0. The summed E-state index contributed by atoms with van der Waals surface area (Å²) < 4.78 is 2.40. The highest BCUT2D eigenvalue weighted by Crippen LogP contribution is 2.50.